The summed E-state index contributed by atoms with van der Waals surface area (Å²) < 4.78 is 16.2. The van der Waals surface area contributed by atoms with Gasteiger partial charge in [0.1, 0.15) is 5.60 Å². The minimum absolute atomic E-state index is 0.251. The molecule has 0 radical (unpaired) electrons. The maximum absolute atomic E-state index is 12.1. The van der Waals surface area contributed by atoms with E-state index in [4.69, 9.17) is 14.2 Å². The fourth-order valence-electron chi connectivity index (χ4n) is 1.94. The third-order valence-corrected chi connectivity index (χ3v) is 5.08. The van der Waals surface area contributed by atoms with Crippen LogP contribution in [0, 0.1) is 0 Å². The largest absolute Gasteiger partial charge is 0.479 e. The second-order valence-corrected chi connectivity index (χ2v) is 7.83. The van der Waals surface area contributed by atoms with Crippen molar-refractivity contribution in [1.82, 2.24) is 4.98 Å². The van der Waals surface area contributed by atoms with Crippen molar-refractivity contribution in [2.24, 2.45) is 0 Å². The van der Waals surface area contributed by atoms with E-state index in [0.717, 1.165) is 10.4 Å². The van der Waals surface area contributed by atoms with Crippen molar-refractivity contribution in [3.63, 3.8) is 0 Å². The van der Waals surface area contributed by atoms with Crippen molar-refractivity contribution in [2.45, 2.75) is 26.4 Å². The molecule has 2 rings (SSSR count). The van der Waals surface area contributed by atoms with Gasteiger partial charge in [-0.3, -0.25) is 4.98 Å². The second-order valence-electron chi connectivity index (χ2n) is 6.01. The molecule has 2 aromatic heterocycles. The van der Waals surface area contributed by atoms with Gasteiger partial charge < -0.3 is 14.2 Å². The van der Waals surface area contributed by atoms with E-state index in [-0.39, 0.29) is 17.2 Å². The van der Waals surface area contributed by atoms with Crippen LogP contribution in [-0.4, -0.2) is 36.2 Å². The number of carbonyl (C=O) groups excluding carboxylic acids is 2. The first kappa shape index (κ1) is 19.4. The summed E-state index contributed by atoms with van der Waals surface area (Å²) in [6.45, 7) is 4.99. The van der Waals surface area contributed by atoms with E-state index in [9.17, 15) is 9.59 Å². The summed E-state index contributed by atoms with van der Waals surface area (Å²) in [7, 11) is 1.29. The van der Waals surface area contributed by atoms with Crippen molar-refractivity contribution in [1.29, 1.82) is 0 Å². The Morgan fingerprint density at radius 2 is 2.04 bits per heavy atom. The lowest BCUT2D eigenvalue weighted by molar-refractivity contribution is -0.157. The van der Waals surface area contributed by atoms with Crippen LogP contribution in [0.15, 0.2) is 29.0 Å². The molecule has 0 aromatic carbocycles. The zero-order valence-electron chi connectivity index (χ0n) is 14.3. The number of nitrogens with zero attached hydrogens (tertiary/aromatic N) is 1. The summed E-state index contributed by atoms with van der Waals surface area (Å²) in [6.07, 6.45) is 3.33. The first-order chi connectivity index (χ1) is 11.7. The molecule has 6 nitrogen and oxygen atoms in total. The molecule has 2 heterocycles. The smallest absolute Gasteiger partial charge is 0.351 e. The molecule has 0 saturated heterocycles. The van der Waals surface area contributed by atoms with Gasteiger partial charge in [0.05, 0.1) is 16.5 Å². The molecular formula is C17H18BrNO5S. The molecule has 8 heteroatoms. The van der Waals surface area contributed by atoms with E-state index in [1.165, 1.54) is 18.4 Å². The number of pyridine rings is 1. The molecule has 0 fully saturated rings. The molecule has 0 amide bonds. The predicted octanol–water partition coefficient (Wildman–Crippen LogP) is 4.08. The summed E-state index contributed by atoms with van der Waals surface area (Å²) in [5.41, 5.74) is 0.204. The Labute approximate surface area is 158 Å². The van der Waals surface area contributed by atoms with Crippen LogP contribution in [0.4, 0.5) is 0 Å². The number of hydrogen-bond acceptors (Lipinski definition) is 7. The van der Waals surface area contributed by atoms with Gasteiger partial charge in [-0.2, -0.15) is 0 Å². The molecule has 0 aliphatic carbocycles. The lowest BCUT2D eigenvalue weighted by atomic mass is 10.2. The van der Waals surface area contributed by atoms with Crippen LogP contribution in [0.25, 0.3) is 10.4 Å². The number of rotatable bonds is 5. The summed E-state index contributed by atoms with van der Waals surface area (Å²) in [5.74, 6) is -0.814. The lowest BCUT2D eigenvalue weighted by Crippen LogP contribution is -2.27. The van der Waals surface area contributed by atoms with Gasteiger partial charge in [0, 0.05) is 18.0 Å². The number of hydrogen-bond donors (Lipinski definition) is 0. The standard InChI is InChI=1S/C17H18BrNO5S/c1-17(2,3)24-11(20)9-23-13-12(18)14(10-6-5-7-19-8-10)25-15(13)16(21)22-4/h5-8H,9H2,1-4H3. The van der Waals surface area contributed by atoms with Gasteiger partial charge in [-0.05, 0) is 42.8 Å². The maximum Gasteiger partial charge on any atom is 0.351 e. The Kier molecular flexibility index (Phi) is 6.18. The Hall–Kier alpha value is -1.93. The second kappa shape index (κ2) is 7.97. The van der Waals surface area contributed by atoms with Gasteiger partial charge in [0.15, 0.2) is 17.2 Å². The summed E-state index contributed by atoms with van der Waals surface area (Å²) >= 11 is 4.64. The summed E-state index contributed by atoms with van der Waals surface area (Å²) in [4.78, 5) is 29.0. The van der Waals surface area contributed by atoms with E-state index in [0.29, 0.717) is 4.47 Å². The molecular weight excluding hydrogens is 410 g/mol. The van der Waals surface area contributed by atoms with Gasteiger partial charge >= 0.3 is 11.9 Å². The van der Waals surface area contributed by atoms with Gasteiger partial charge in [0.2, 0.25) is 0 Å². The molecule has 0 N–H and O–H groups in total. The SMILES string of the molecule is COC(=O)c1sc(-c2cccnc2)c(Br)c1OCC(=O)OC(C)(C)C. The van der Waals surface area contributed by atoms with E-state index in [2.05, 4.69) is 20.9 Å². The third-order valence-electron chi connectivity index (χ3n) is 2.86. The molecule has 0 aliphatic heterocycles. The van der Waals surface area contributed by atoms with E-state index in [1.54, 1.807) is 39.2 Å². The zero-order chi connectivity index (χ0) is 18.6. The minimum atomic E-state index is -0.613. The van der Waals surface area contributed by atoms with Crippen molar-refractivity contribution in [2.75, 3.05) is 13.7 Å². The molecule has 0 bridgehead atoms. The molecule has 0 spiro atoms. The normalized spacial score (nSPS) is 11.1. The number of thiophene rings is 1. The minimum Gasteiger partial charge on any atom is -0.479 e. The van der Waals surface area contributed by atoms with Gasteiger partial charge in [-0.1, -0.05) is 6.07 Å². The van der Waals surface area contributed by atoms with E-state index >= 15 is 0 Å². The fraction of sp³-hybridized carbons (Fsp3) is 0.353. The molecule has 25 heavy (non-hydrogen) atoms. The highest BCUT2D eigenvalue weighted by atomic mass is 79.9. The highest BCUT2D eigenvalue weighted by Gasteiger charge is 2.26. The Bertz CT molecular complexity index is 767. The highest BCUT2D eigenvalue weighted by molar-refractivity contribution is 9.10. The van der Waals surface area contributed by atoms with Crippen LogP contribution in [0.5, 0.6) is 5.75 Å². The molecule has 0 aliphatic rings. The van der Waals surface area contributed by atoms with Crippen molar-refractivity contribution < 1.29 is 23.8 Å². The average Bonchev–Trinajstić information content (AvgIpc) is 2.88. The van der Waals surface area contributed by atoms with Gasteiger partial charge in [0.25, 0.3) is 0 Å². The fourth-order valence-corrected chi connectivity index (χ4v) is 3.90. The Morgan fingerprint density at radius 1 is 1.32 bits per heavy atom. The molecule has 0 atom stereocenters. The first-order valence-electron chi connectivity index (χ1n) is 7.38. The van der Waals surface area contributed by atoms with Gasteiger partial charge in [-0.25, -0.2) is 9.59 Å². The van der Waals surface area contributed by atoms with Crippen LogP contribution in [0.1, 0.15) is 30.4 Å². The van der Waals surface area contributed by atoms with Crippen LogP contribution in [-0.2, 0) is 14.3 Å². The average molecular weight is 428 g/mol. The number of ether oxygens (including phenoxy) is 3. The van der Waals surface area contributed by atoms with Crippen molar-refractivity contribution in [3.8, 4) is 16.2 Å². The number of esters is 2. The number of carbonyl (C=O) groups is 2. The summed E-state index contributed by atoms with van der Waals surface area (Å²) in [5, 5.41) is 0. The maximum atomic E-state index is 12.1. The molecule has 0 unspecified atom stereocenters. The third kappa shape index (κ3) is 5.02. The van der Waals surface area contributed by atoms with E-state index < -0.39 is 17.5 Å². The first-order valence-corrected chi connectivity index (χ1v) is 8.99. The monoisotopic (exact) mass is 427 g/mol. The lowest BCUT2D eigenvalue weighted by Gasteiger charge is -2.19. The molecule has 134 valence electrons. The highest BCUT2D eigenvalue weighted by Crippen LogP contribution is 2.45. The van der Waals surface area contributed by atoms with E-state index in [1.807, 2.05) is 6.07 Å². The molecule has 0 saturated carbocycles. The van der Waals surface area contributed by atoms with Crippen LogP contribution < -0.4 is 4.74 Å². The van der Waals surface area contributed by atoms with Crippen molar-refractivity contribution in [3.05, 3.63) is 33.9 Å². The quantitative estimate of drug-likeness (QED) is 0.669. The zero-order valence-corrected chi connectivity index (χ0v) is 16.7. The number of halogens is 1. The Balaban J connectivity index is 2.31. The number of methoxy groups -OCH3 is 1. The van der Waals surface area contributed by atoms with Crippen molar-refractivity contribution >= 4 is 39.2 Å². The van der Waals surface area contributed by atoms with Gasteiger partial charge in [-0.15, -0.1) is 11.3 Å². The topological polar surface area (TPSA) is 74.7 Å². The summed E-state index contributed by atoms with van der Waals surface area (Å²) in [6, 6.07) is 3.66. The Morgan fingerprint density at radius 3 is 2.60 bits per heavy atom. The molecule has 2 aromatic rings. The van der Waals surface area contributed by atoms with Crippen LogP contribution in [0.2, 0.25) is 0 Å². The van der Waals surface area contributed by atoms with Crippen LogP contribution in [0.3, 0.4) is 0 Å². The number of aromatic nitrogens is 1. The van der Waals surface area contributed by atoms with Crippen LogP contribution >= 0.6 is 27.3 Å². The predicted molar refractivity (Wildman–Crippen MR) is 97.9 cm³/mol.